The molecule has 1 aliphatic heterocycles. The average Bonchev–Trinajstić information content (AvgIpc) is 2.85. The highest BCUT2D eigenvalue weighted by molar-refractivity contribution is 8.00. The predicted octanol–water partition coefficient (Wildman–Crippen LogP) is 2.58. The first-order chi connectivity index (χ1) is 9.76. The molecule has 0 spiro atoms. The van der Waals surface area contributed by atoms with Crippen LogP contribution in [0.2, 0.25) is 0 Å². The summed E-state index contributed by atoms with van der Waals surface area (Å²) < 4.78 is 18.2. The van der Waals surface area contributed by atoms with Gasteiger partial charge in [0.25, 0.3) is 0 Å². The molecule has 1 aromatic rings. The van der Waals surface area contributed by atoms with Crippen LogP contribution in [0.15, 0.2) is 29.2 Å². The monoisotopic (exact) mass is 296 g/mol. The normalized spacial score (nSPS) is 33.1. The average molecular weight is 296 g/mol. The maximum absolute atomic E-state index is 12.9. The van der Waals surface area contributed by atoms with Crippen LogP contribution in [0.3, 0.4) is 0 Å². The van der Waals surface area contributed by atoms with Crippen molar-refractivity contribution in [2.24, 2.45) is 5.92 Å². The summed E-state index contributed by atoms with van der Waals surface area (Å²) in [5, 5.41) is 0.609. The Morgan fingerprint density at radius 2 is 2.05 bits per heavy atom. The summed E-state index contributed by atoms with van der Waals surface area (Å²) in [6, 6.07) is 7.79. The Labute approximate surface area is 123 Å². The van der Waals surface area contributed by atoms with Crippen LogP contribution in [0.25, 0.3) is 0 Å². The van der Waals surface area contributed by atoms with Gasteiger partial charge in [-0.25, -0.2) is 4.39 Å². The first-order valence-electron chi connectivity index (χ1n) is 7.18. The second kappa shape index (κ2) is 6.43. The summed E-state index contributed by atoms with van der Waals surface area (Å²) >= 11 is 1.87. The first kappa shape index (κ1) is 14.3. The maximum Gasteiger partial charge on any atom is 0.123 e. The van der Waals surface area contributed by atoms with Crippen LogP contribution in [-0.4, -0.2) is 31.1 Å². The van der Waals surface area contributed by atoms with E-state index < -0.39 is 0 Å². The van der Waals surface area contributed by atoms with Gasteiger partial charge in [-0.05, 0) is 49.4 Å². The maximum atomic E-state index is 12.9. The summed E-state index contributed by atoms with van der Waals surface area (Å²) in [7, 11) is 1.75. The lowest BCUT2D eigenvalue weighted by Gasteiger charge is -2.32. The molecule has 4 unspecified atom stereocenters. The molecular weight excluding hydrogens is 275 g/mol. The number of halogens is 1. The van der Waals surface area contributed by atoms with Gasteiger partial charge >= 0.3 is 0 Å². The summed E-state index contributed by atoms with van der Waals surface area (Å²) in [4.78, 5) is 1.16. The Morgan fingerprint density at radius 1 is 1.25 bits per heavy atom. The Balaban J connectivity index is 1.56. The van der Waals surface area contributed by atoms with Gasteiger partial charge in [-0.3, -0.25) is 10.9 Å². The zero-order valence-electron chi connectivity index (χ0n) is 11.6. The van der Waals surface area contributed by atoms with E-state index in [1.54, 1.807) is 7.11 Å². The number of hydrogen-bond acceptors (Lipinski definition) is 4. The van der Waals surface area contributed by atoms with Gasteiger partial charge in [-0.1, -0.05) is 0 Å². The molecule has 0 radical (unpaired) electrons. The quantitative estimate of drug-likeness (QED) is 0.895. The van der Waals surface area contributed by atoms with E-state index in [2.05, 4.69) is 10.9 Å². The van der Waals surface area contributed by atoms with Crippen LogP contribution < -0.4 is 10.9 Å². The van der Waals surface area contributed by atoms with Gasteiger partial charge in [-0.2, -0.15) is 0 Å². The first-order valence-corrected chi connectivity index (χ1v) is 8.06. The smallest absolute Gasteiger partial charge is 0.123 e. The van der Waals surface area contributed by atoms with Crippen molar-refractivity contribution in [3.05, 3.63) is 30.1 Å². The number of thioether (sulfide) groups is 1. The topological polar surface area (TPSA) is 33.3 Å². The van der Waals surface area contributed by atoms with Crippen molar-refractivity contribution in [1.29, 1.82) is 0 Å². The third-order valence-electron chi connectivity index (χ3n) is 4.29. The molecule has 0 aromatic heterocycles. The fourth-order valence-corrected chi connectivity index (χ4v) is 4.52. The van der Waals surface area contributed by atoms with Crippen LogP contribution in [0.1, 0.15) is 19.3 Å². The van der Waals surface area contributed by atoms with Gasteiger partial charge in [0.15, 0.2) is 0 Å². The third kappa shape index (κ3) is 3.17. The van der Waals surface area contributed by atoms with E-state index in [-0.39, 0.29) is 5.82 Å². The number of benzene rings is 1. The van der Waals surface area contributed by atoms with Crippen molar-refractivity contribution in [3.8, 4) is 0 Å². The molecule has 1 saturated carbocycles. The number of ether oxygens (including phenoxy) is 1. The SMILES string of the molecule is COCC1NNC2CC(Sc3ccc(F)cc3)CCC12. The summed E-state index contributed by atoms with van der Waals surface area (Å²) in [5.74, 6) is 0.502. The van der Waals surface area contributed by atoms with E-state index in [4.69, 9.17) is 4.74 Å². The number of nitrogens with one attached hydrogen (secondary N) is 2. The second-order valence-corrected chi connectivity index (χ2v) is 7.00. The van der Waals surface area contributed by atoms with Gasteiger partial charge in [0.2, 0.25) is 0 Å². The van der Waals surface area contributed by atoms with Crippen molar-refractivity contribution in [1.82, 2.24) is 10.9 Å². The number of hydrogen-bond donors (Lipinski definition) is 2. The van der Waals surface area contributed by atoms with Crippen molar-refractivity contribution < 1.29 is 9.13 Å². The second-order valence-electron chi connectivity index (χ2n) is 5.63. The molecule has 1 heterocycles. The van der Waals surface area contributed by atoms with Crippen molar-refractivity contribution >= 4 is 11.8 Å². The molecule has 0 bridgehead atoms. The largest absolute Gasteiger partial charge is 0.383 e. The molecule has 3 nitrogen and oxygen atoms in total. The molecule has 0 amide bonds. The molecule has 110 valence electrons. The van der Waals surface area contributed by atoms with Crippen LogP contribution >= 0.6 is 11.8 Å². The number of hydrazine groups is 1. The van der Waals surface area contributed by atoms with Crippen molar-refractivity contribution in [2.75, 3.05) is 13.7 Å². The molecular formula is C15H21FN2OS. The van der Waals surface area contributed by atoms with Crippen molar-refractivity contribution in [2.45, 2.75) is 41.5 Å². The predicted molar refractivity (Wildman–Crippen MR) is 79.1 cm³/mol. The minimum absolute atomic E-state index is 0.165. The third-order valence-corrected chi connectivity index (χ3v) is 5.60. The van der Waals surface area contributed by atoms with E-state index in [0.717, 1.165) is 17.9 Å². The molecule has 20 heavy (non-hydrogen) atoms. The highest BCUT2D eigenvalue weighted by Gasteiger charge is 2.40. The zero-order valence-corrected chi connectivity index (χ0v) is 12.5. The number of methoxy groups -OCH3 is 1. The van der Waals surface area contributed by atoms with Crippen LogP contribution in [0.4, 0.5) is 4.39 Å². The van der Waals surface area contributed by atoms with Gasteiger partial charge < -0.3 is 4.74 Å². The molecule has 2 aliphatic rings. The lowest BCUT2D eigenvalue weighted by molar-refractivity contribution is 0.147. The molecule has 4 atom stereocenters. The molecule has 1 saturated heterocycles. The van der Waals surface area contributed by atoms with E-state index in [0.29, 0.717) is 23.3 Å². The Bertz CT molecular complexity index is 442. The van der Waals surface area contributed by atoms with Gasteiger partial charge in [-0.15, -0.1) is 11.8 Å². The van der Waals surface area contributed by atoms with E-state index >= 15 is 0 Å². The highest BCUT2D eigenvalue weighted by atomic mass is 32.2. The zero-order chi connectivity index (χ0) is 13.9. The van der Waals surface area contributed by atoms with E-state index in [1.165, 1.54) is 25.0 Å². The molecule has 3 rings (SSSR count). The molecule has 2 N–H and O–H groups in total. The highest BCUT2D eigenvalue weighted by Crippen LogP contribution is 2.38. The van der Waals surface area contributed by atoms with Gasteiger partial charge in [0, 0.05) is 29.3 Å². The van der Waals surface area contributed by atoms with E-state index in [9.17, 15) is 4.39 Å². The Kier molecular flexibility index (Phi) is 4.61. The molecule has 1 aromatic carbocycles. The molecule has 2 fully saturated rings. The summed E-state index contributed by atoms with van der Waals surface area (Å²) in [6.45, 7) is 0.768. The molecule has 5 heteroatoms. The van der Waals surface area contributed by atoms with Crippen LogP contribution in [0.5, 0.6) is 0 Å². The Hall–Kier alpha value is -0.620. The minimum atomic E-state index is -0.165. The lowest BCUT2D eigenvalue weighted by atomic mass is 9.82. The molecule has 1 aliphatic carbocycles. The fraction of sp³-hybridized carbons (Fsp3) is 0.600. The van der Waals surface area contributed by atoms with Crippen molar-refractivity contribution in [3.63, 3.8) is 0 Å². The van der Waals surface area contributed by atoms with E-state index in [1.807, 2.05) is 23.9 Å². The lowest BCUT2D eigenvalue weighted by Crippen LogP contribution is -2.37. The summed E-state index contributed by atoms with van der Waals surface area (Å²) in [6.07, 6.45) is 3.59. The summed E-state index contributed by atoms with van der Waals surface area (Å²) in [5.41, 5.74) is 6.77. The van der Waals surface area contributed by atoms with Crippen LogP contribution in [0, 0.1) is 11.7 Å². The minimum Gasteiger partial charge on any atom is -0.383 e. The van der Waals surface area contributed by atoms with Gasteiger partial charge in [0.05, 0.1) is 6.61 Å². The fourth-order valence-electron chi connectivity index (χ4n) is 3.28. The van der Waals surface area contributed by atoms with Gasteiger partial charge in [0.1, 0.15) is 5.82 Å². The Morgan fingerprint density at radius 3 is 2.80 bits per heavy atom. The number of fused-ring (bicyclic) bond motifs is 1. The number of rotatable bonds is 4. The standard InChI is InChI=1S/C15H21FN2OS/c1-19-9-15-13-7-6-12(8-14(13)17-18-15)20-11-4-2-10(16)3-5-11/h2-5,12-15,17-18H,6-9H2,1H3. The van der Waals surface area contributed by atoms with Crippen LogP contribution in [-0.2, 0) is 4.74 Å².